The lowest BCUT2D eigenvalue weighted by Crippen LogP contribution is -2.24. The largest absolute Gasteiger partial charge is 0.370 e. The van der Waals surface area contributed by atoms with Gasteiger partial charge in [-0.25, -0.2) is 5.10 Å². The Morgan fingerprint density at radius 1 is 1.00 bits per heavy atom. The summed E-state index contributed by atoms with van der Waals surface area (Å²) < 4.78 is 0. The number of aromatic amines is 1. The summed E-state index contributed by atoms with van der Waals surface area (Å²) in [6.07, 6.45) is 6.75. The molecule has 1 aromatic carbocycles. The van der Waals surface area contributed by atoms with Gasteiger partial charge in [-0.3, -0.25) is 9.69 Å². The fourth-order valence-electron chi connectivity index (χ4n) is 4.13. The minimum Gasteiger partial charge on any atom is -0.370 e. The number of likely N-dealkylation sites (tertiary alicyclic amines) is 1. The Balaban J connectivity index is 1.65. The minimum absolute atomic E-state index is 0.107. The molecular formula is C20H26N4O. The molecule has 2 fully saturated rings. The summed E-state index contributed by atoms with van der Waals surface area (Å²) in [4.78, 5) is 17.3. The average molecular weight is 338 g/mol. The van der Waals surface area contributed by atoms with Crippen molar-refractivity contribution in [3.63, 3.8) is 0 Å². The standard InChI is InChI=1S/C20H26N4O/c1-15(23-10-2-3-11-23)16-6-8-17(9-7-16)19-18(14-21-22-20(19)25)24-12-4-5-13-24/h6-9,14-15H,2-5,10-13H2,1H3,(H,22,25). The maximum absolute atomic E-state index is 12.5. The average Bonchev–Trinajstić information content (AvgIpc) is 3.35. The van der Waals surface area contributed by atoms with E-state index in [-0.39, 0.29) is 5.56 Å². The van der Waals surface area contributed by atoms with E-state index < -0.39 is 0 Å². The van der Waals surface area contributed by atoms with Crippen LogP contribution in [0.3, 0.4) is 0 Å². The number of hydrogen-bond acceptors (Lipinski definition) is 4. The molecule has 1 unspecified atom stereocenters. The number of rotatable bonds is 4. The van der Waals surface area contributed by atoms with Crippen molar-refractivity contribution in [3.05, 3.63) is 46.4 Å². The van der Waals surface area contributed by atoms with Gasteiger partial charge < -0.3 is 4.90 Å². The number of H-pyrrole nitrogens is 1. The molecule has 5 nitrogen and oxygen atoms in total. The van der Waals surface area contributed by atoms with Crippen molar-refractivity contribution in [1.29, 1.82) is 0 Å². The van der Waals surface area contributed by atoms with Crippen LogP contribution in [0.15, 0.2) is 35.3 Å². The van der Waals surface area contributed by atoms with Gasteiger partial charge in [0.05, 0.1) is 17.4 Å². The Morgan fingerprint density at radius 3 is 2.32 bits per heavy atom. The van der Waals surface area contributed by atoms with Gasteiger partial charge in [0.1, 0.15) is 0 Å². The van der Waals surface area contributed by atoms with Gasteiger partial charge in [-0.05, 0) is 56.8 Å². The summed E-state index contributed by atoms with van der Waals surface area (Å²) in [6, 6.07) is 8.96. The van der Waals surface area contributed by atoms with E-state index in [9.17, 15) is 4.79 Å². The van der Waals surface area contributed by atoms with Crippen LogP contribution in [-0.4, -0.2) is 41.3 Å². The summed E-state index contributed by atoms with van der Waals surface area (Å²) in [5.74, 6) is 0. The van der Waals surface area contributed by atoms with Crippen molar-refractivity contribution in [1.82, 2.24) is 15.1 Å². The molecular weight excluding hydrogens is 312 g/mol. The molecule has 0 radical (unpaired) electrons. The zero-order chi connectivity index (χ0) is 17.2. The Labute approximate surface area is 148 Å². The van der Waals surface area contributed by atoms with Crippen molar-refractivity contribution in [2.75, 3.05) is 31.1 Å². The van der Waals surface area contributed by atoms with Crippen molar-refractivity contribution in [2.24, 2.45) is 0 Å². The number of benzene rings is 1. The number of nitrogens with zero attached hydrogens (tertiary/aromatic N) is 3. The number of anilines is 1. The molecule has 1 N–H and O–H groups in total. The molecule has 2 saturated heterocycles. The van der Waals surface area contributed by atoms with Crippen LogP contribution in [0.1, 0.15) is 44.2 Å². The van der Waals surface area contributed by atoms with E-state index in [1.54, 1.807) is 6.20 Å². The summed E-state index contributed by atoms with van der Waals surface area (Å²) in [5.41, 5.74) is 3.89. The molecule has 4 rings (SSSR count). The molecule has 25 heavy (non-hydrogen) atoms. The summed E-state index contributed by atoms with van der Waals surface area (Å²) >= 11 is 0. The van der Waals surface area contributed by atoms with E-state index in [4.69, 9.17) is 0 Å². The highest BCUT2D eigenvalue weighted by Gasteiger charge is 2.21. The fraction of sp³-hybridized carbons (Fsp3) is 0.500. The summed E-state index contributed by atoms with van der Waals surface area (Å²) in [5, 5.41) is 6.63. The zero-order valence-electron chi connectivity index (χ0n) is 14.9. The van der Waals surface area contributed by atoms with Crippen LogP contribution in [0.4, 0.5) is 5.69 Å². The van der Waals surface area contributed by atoms with Crippen LogP contribution in [0, 0.1) is 0 Å². The first-order valence-corrected chi connectivity index (χ1v) is 9.41. The second kappa shape index (κ2) is 7.00. The monoisotopic (exact) mass is 338 g/mol. The van der Waals surface area contributed by atoms with Gasteiger partial charge in [-0.15, -0.1) is 0 Å². The SMILES string of the molecule is CC(c1ccc(-c2c(N3CCCC3)cn[nH]c2=O)cc1)N1CCCC1. The highest BCUT2D eigenvalue weighted by molar-refractivity contribution is 5.77. The summed E-state index contributed by atoms with van der Waals surface area (Å²) in [7, 11) is 0. The lowest BCUT2D eigenvalue weighted by Gasteiger charge is -2.24. The molecule has 3 heterocycles. The molecule has 5 heteroatoms. The summed E-state index contributed by atoms with van der Waals surface area (Å²) in [6.45, 7) is 6.65. The minimum atomic E-state index is -0.107. The van der Waals surface area contributed by atoms with Crippen molar-refractivity contribution < 1.29 is 0 Å². The van der Waals surface area contributed by atoms with Crippen molar-refractivity contribution in [3.8, 4) is 11.1 Å². The van der Waals surface area contributed by atoms with Crippen LogP contribution in [0.2, 0.25) is 0 Å². The Morgan fingerprint density at radius 2 is 1.64 bits per heavy atom. The highest BCUT2D eigenvalue weighted by Crippen LogP contribution is 2.31. The third-order valence-electron chi connectivity index (χ3n) is 5.65. The molecule has 2 aliphatic rings. The molecule has 132 valence electrons. The Bertz CT molecular complexity index is 771. The van der Waals surface area contributed by atoms with Gasteiger partial charge in [0.25, 0.3) is 5.56 Å². The van der Waals surface area contributed by atoms with E-state index in [0.29, 0.717) is 6.04 Å². The molecule has 1 aromatic heterocycles. The van der Waals surface area contributed by atoms with Crippen LogP contribution >= 0.6 is 0 Å². The maximum Gasteiger partial charge on any atom is 0.274 e. The first kappa shape index (κ1) is 16.3. The molecule has 1 atom stereocenters. The van der Waals surface area contributed by atoms with E-state index in [1.807, 2.05) is 0 Å². The lowest BCUT2D eigenvalue weighted by molar-refractivity contribution is 0.263. The van der Waals surface area contributed by atoms with Gasteiger partial charge in [0.15, 0.2) is 0 Å². The maximum atomic E-state index is 12.5. The highest BCUT2D eigenvalue weighted by atomic mass is 16.1. The quantitative estimate of drug-likeness (QED) is 0.930. The van der Waals surface area contributed by atoms with E-state index in [0.717, 1.165) is 29.9 Å². The Hall–Kier alpha value is -2.14. The third-order valence-corrected chi connectivity index (χ3v) is 5.65. The predicted molar refractivity (Wildman–Crippen MR) is 101 cm³/mol. The molecule has 0 amide bonds. The molecule has 0 aliphatic carbocycles. The van der Waals surface area contributed by atoms with Gasteiger partial charge in [-0.1, -0.05) is 24.3 Å². The van der Waals surface area contributed by atoms with Crippen LogP contribution in [0.25, 0.3) is 11.1 Å². The lowest BCUT2D eigenvalue weighted by atomic mass is 10.0. The third kappa shape index (κ3) is 3.21. The van der Waals surface area contributed by atoms with Crippen molar-refractivity contribution in [2.45, 2.75) is 38.6 Å². The van der Waals surface area contributed by atoms with Crippen LogP contribution in [0.5, 0.6) is 0 Å². The van der Waals surface area contributed by atoms with Gasteiger partial charge in [-0.2, -0.15) is 5.10 Å². The fourth-order valence-corrected chi connectivity index (χ4v) is 4.13. The molecule has 2 aromatic rings. The van der Waals surface area contributed by atoms with Gasteiger partial charge in [0, 0.05) is 19.1 Å². The second-order valence-corrected chi connectivity index (χ2v) is 7.19. The first-order chi connectivity index (χ1) is 12.2. The van der Waals surface area contributed by atoms with Crippen LogP contribution < -0.4 is 10.5 Å². The normalized spacial score (nSPS) is 19.5. The van der Waals surface area contributed by atoms with E-state index >= 15 is 0 Å². The topological polar surface area (TPSA) is 52.2 Å². The van der Waals surface area contributed by atoms with Gasteiger partial charge >= 0.3 is 0 Å². The number of aromatic nitrogens is 2. The van der Waals surface area contributed by atoms with Gasteiger partial charge in [0.2, 0.25) is 0 Å². The second-order valence-electron chi connectivity index (χ2n) is 7.19. The first-order valence-electron chi connectivity index (χ1n) is 9.41. The number of hydrogen-bond donors (Lipinski definition) is 1. The smallest absolute Gasteiger partial charge is 0.274 e. The molecule has 0 spiro atoms. The molecule has 0 bridgehead atoms. The predicted octanol–water partition coefficient (Wildman–Crippen LogP) is 3.19. The van der Waals surface area contributed by atoms with E-state index in [1.165, 1.54) is 44.3 Å². The van der Waals surface area contributed by atoms with E-state index in [2.05, 4.69) is 51.2 Å². The van der Waals surface area contributed by atoms with Crippen molar-refractivity contribution >= 4 is 5.69 Å². The molecule has 0 saturated carbocycles. The zero-order valence-corrected chi connectivity index (χ0v) is 14.9. The van der Waals surface area contributed by atoms with Crippen LogP contribution in [-0.2, 0) is 0 Å². The molecule has 2 aliphatic heterocycles. The Kier molecular flexibility index (Phi) is 4.57. The number of nitrogens with one attached hydrogen (secondary N) is 1.